The first-order valence-corrected chi connectivity index (χ1v) is 12.0. The molecule has 34 heavy (non-hydrogen) atoms. The standard InChI is InChI=1S/C28H20Br2N2O2/c29-23-7-13-27(33)21(15-23)17-31-25-9-3-19(4-10-25)1-2-20-5-11-26(12-6-20)32-18-22-16-24(30)8-14-28(22)34/h1-18,33-34H/b2-1+,31-17?,32-18?. The van der Waals surface area contributed by atoms with Gasteiger partial charge < -0.3 is 10.2 Å². The third-order valence-electron chi connectivity index (χ3n) is 4.94. The van der Waals surface area contributed by atoms with Crippen LogP contribution in [0.1, 0.15) is 22.3 Å². The van der Waals surface area contributed by atoms with Crippen LogP contribution in [0.3, 0.4) is 0 Å². The van der Waals surface area contributed by atoms with E-state index in [1.807, 2.05) is 72.8 Å². The van der Waals surface area contributed by atoms with Crippen LogP contribution < -0.4 is 0 Å². The number of rotatable bonds is 6. The summed E-state index contributed by atoms with van der Waals surface area (Å²) in [6, 6.07) is 26.2. The molecule has 0 unspecified atom stereocenters. The largest absolute Gasteiger partial charge is 0.507 e. The lowest BCUT2D eigenvalue weighted by Crippen LogP contribution is -1.82. The van der Waals surface area contributed by atoms with Crippen molar-refractivity contribution >= 4 is 67.8 Å². The molecule has 0 fully saturated rings. The van der Waals surface area contributed by atoms with Crippen molar-refractivity contribution in [1.82, 2.24) is 0 Å². The first-order valence-electron chi connectivity index (χ1n) is 10.4. The quantitative estimate of drug-likeness (QED) is 0.179. The summed E-state index contributed by atoms with van der Waals surface area (Å²) in [5.74, 6) is 0.379. The Balaban J connectivity index is 1.38. The summed E-state index contributed by atoms with van der Waals surface area (Å²) in [5.41, 5.74) is 5.01. The minimum atomic E-state index is 0.189. The second-order valence-electron chi connectivity index (χ2n) is 7.44. The Bertz CT molecular complexity index is 1270. The van der Waals surface area contributed by atoms with Crippen LogP contribution in [0.25, 0.3) is 12.2 Å². The molecule has 0 spiro atoms. The lowest BCUT2D eigenvalue weighted by Gasteiger charge is -2.00. The predicted molar refractivity (Wildman–Crippen MR) is 148 cm³/mol. The van der Waals surface area contributed by atoms with E-state index in [9.17, 15) is 10.2 Å². The van der Waals surface area contributed by atoms with Crippen molar-refractivity contribution in [2.75, 3.05) is 0 Å². The Labute approximate surface area is 214 Å². The summed E-state index contributed by atoms with van der Waals surface area (Å²) >= 11 is 6.79. The highest BCUT2D eigenvalue weighted by Gasteiger charge is 2.00. The highest BCUT2D eigenvalue weighted by atomic mass is 79.9. The molecule has 4 rings (SSSR count). The fourth-order valence-electron chi connectivity index (χ4n) is 3.08. The van der Waals surface area contributed by atoms with Crippen molar-refractivity contribution in [3.05, 3.63) is 116 Å². The van der Waals surface area contributed by atoms with E-state index in [1.54, 1.807) is 36.7 Å². The maximum absolute atomic E-state index is 9.91. The zero-order chi connectivity index (χ0) is 23.9. The number of benzene rings is 4. The van der Waals surface area contributed by atoms with E-state index in [2.05, 4.69) is 41.8 Å². The van der Waals surface area contributed by atoms with Crippen molar-refractivity contribution in [1.29, 1.82) is 0 Å². The number of aliphatic imine (C=N–C) groups is 2. The van der Waals surface area contributed by atoms with E-state index in [0.29, 0.717) is 11.1 Å². The van der Waals surface area contributed by atoms with Gasteiger partial charge in [0.1, 0.15) is 11.5 Å². The summed E-state index contributed by atoms with van der Waals surface area (Å²) in [6.07, 6.45) is 7.36. The Morgan fingerprint density at radius 1 is 0.529 bits per heavy atom. The van der Waals surface area contributed by atoms with Gasteiger partial charge in [-0.15, -0.1) is 0 Å². The molecule has 0 aliphatic heterocycles. The normalized spacial score (nSPS) is 11.7. The van der Waals surface area contributed by atoms with Gasteiger partial charge in [-0.2, -0.15) is 0 Å². The van der Waals surface area contributed by atoms with Crippen molar-refractivity contribution in [3.8, 4) is 11.5 Å². The lowest BCUT2D eigenvalue weighted by atomic mass is 10.1. The molecule has 0 aliphatic rings. The topological polar surface area (TPSA) is 65.2 Å². The average molecular weight is 576 g/mol. The number of aromatic hydroxyl groups is 2. The Morgan fingerprint density at radius 2 is 0.912 bits per heavy atom. The van der Waals surface area contributed by atoms with Crippen molar-refractivity contribution < 1.29 is 10.2 Å². The van der Waals surface area contributed by atoms with Gasteiger partial charge in [0.2, 0.25) is 0 Å². The molecule has 4 nitrogen and oxygen atoms in total. The molecule has 2 N–H and O–H groups in total. The minimum Gasteiger partial charge on any atom is -0.507 e. The van der Waals surface area contributed by atoms with Crippen molar-refractivity contribution in [3.63, 3.8) is 0 Å². The number of hydrogen-bond donors (Lipinski definition) is 2. The van der Waals surface area contributed by atoms with Gasteiger partial charge in [0.15, 0.2) is 0 Å². The van der Waals surface area contributed by atoms with Crippen molar-refractivity contribution in [2.45, 2.75) is 0 Å². The maximum atomic E-state index is 9.91. The smallest absolute Gasteiger partial charge is 0.124 e. The van der Waals surface area contributed by atoms with Crippen LogP contribution in [0.5, 0.6) is 11.5 Å². The van der Waals surface area contributed by atoms with Crippen LogP contribution in [0.2, 0.25) is 0 Å². The second-order valence-corrected chi connectivity index (χ2v) is 9.27. The van der Waals surface area contributed by atoms with Gasteiger partial charge >= 0.3 is 0 Å². The molecule has 0 radical (unpaired) electrons. The van der Waals surface area contributed by atoms with E-state index in [4.69, 9.17) is 0 Å². The fraction of sp³-hybridized carbons (Fsp3) is 0. The lowest BCUT2D eigenvalue weighted by molar-refractivity contribution is 0.474. The summed E-state index contributed by atoms with van der Waals surface area (Å²) in [4.78, 5) is 8.87. The summed E-state index contributed by atoms with van der Waals surface area (Å²) < 4.78 is 1.77. The Morgan fingerprint density at radius 3 is 1.29 bits per heavy atom. The van der Waals surface area contributed by atoms with Gasteiger partial charge in [0, 0.05) is 32.5 Å². The molecule has 0 amide bonds. The minimum absolute atomic E-state index is 0.189. The Kier molecular flexibility index (Phi) is 7.72. The summed E-state index contributed by atoms with van der Waals surface area (Å²) in [5, 5.41) is 19.8. The van der Waals surface area contributed by atoms with Crippen LogP contribution >= 0.6 is 31.9 Å². The van der Waals surface area contributed by atoms with E-state index in [0.717, 1.165) is 31.4 Å². The number of phenolic OH excluding ortho intramolecular Hbond substituents is 2. The molecular formula is C28H20Br2N2O2. The molecule has 0 saturated heterocycles. The molecule has 0 aromatic heterocycles. The molecule has 4 aromatic carbocycles. The van der Waals surface area contributed by atoms with Gasteiger partial charge in [-0.05, 0) is 71.8 Å². The van der Waals surface area contributed by atoms with Gasteiger partial charge in [-0.1, -0.05) is 68.3 Å². The number of phenols is 2. The number of hydrogen-bond acceptors (Lipinski definition) is 4. The predicted octanol–water partition coefficient (Wildman–Crippen LogP) is 8.29. The molecule has 0 heterocycles. The first-order chi connectivity index (χ1) is 16.5. The van der Waals surface area contributed by atoms with Crippen LogP contribution in [0.15, 0.2) is 104 Å². The Hall–Kier alpha value is -3.48. The molecule has 0 aliphatic carbocycles. The molecule has 168 valence electrons. The third kappa shape index (κ3) is 6.53. The second kappa shape index (κ2) is 11.1. The highest BCUT2D eigenvalue weighted by molar-refractivity contribution is 9.10. The van der Waals surface area contributed by atoms with Crippen LogP contribution in [-0.4, -0.2) is 22.6 Å². The van der Waals surface area contributed by atoms with Gasteiger partial charge in [-0.25, -0.2) is 0 Å². The van der Waals surface area contributed by atoms with E-state index < -0.39 is 0 Å². The highest BCUT2D eigenvalue weighted by Crippen LogP contribution is 2.23. The van der Waals surface area contributed by atoms with E-state index in [1.165, 1.54) is 0 Å². The van der Waals surface area contributed by atoms with Gasteiger partial charge in [0.25, 0.3) is 0 Å². The zero-order valence-electron chi connectivity index (χ0n) is 17.9. The van der Waals surface area contributed by atoms with Gasteiger partial charge in [-0.3, -0.25) is 9.98 Å². The molecule has 6 heteroatoms. The monoisotopic (exact) mass is 574 g/mol. The SMILES string of the molecule is Oc1ccc(Br)cc1C=Nc1ccc(/C=C/c2ccc(N=Cc3cc(Br)ccc3O)cc2)cc1. The molecule has 4 aromatic rings. The van der Waals surface area contributed by atoms with E-state index in [-0.39, 0.29) is 11.5 Å². The summed E-state index contributed by atoms with van der Waals surface area (Å²) in [7, 11) is 0. The maximum Gasteiger partial charge on any atom is 0.124 e. The molecule has 0 saturated carbocycles. The average Bonchev–Trinajstić information content (AvgIpc) is 2.85. The number of halogens is 2. The van der Waals surface area contributed by atoms with E-state index >= 15 is 0 Å². The van der Waals surface area contributed by atoms with Crippen LogP contribution in [0.4, 0.5) is 11.4 Å². The fourth-order valence-corrected chi connectivity index (χ4v) is 3.84. The molecular weight excluding hydrogens is 556 g/mol. The van der Waals surface area contributed by atoms with Crippen LogP contribution in [0, 0.1) is 0 Å². The zero-order valence-corrected chi connectivity index (χ0v) is 21.1. The third-order valence-corrected chi connectivity index (χ3v) is 5.93. The first kappa shape index (κ1) is 23.7. The molecule has 0 atom stereocenters. The van der Waals surface area contributed by atoms with Gasteiger partial charge in [0.05, 0.1) is 11.4 Å². The summed E-state index contributed by atoms with van der Waals surface area (Å²) in [6.45, 7) is 0. The molecule has 0 bridgehead atoms. The number of nitrogens with zero attached hydrogens (tertiary/aromatic N) is 2. The van der Waals surface area contributed by atoms with Crippen LogP contribution in [-0.2, 0) is 0 Å². The van der Waals surface area contributed by atoms with Crippen molar-refractivity contribution in [2.24, 2.45) is 9.98 Å².